The number of carboxylic acid groups (broad SMARTS) is 1. The molecule has 3 nitrogen and oxygen atoms in total. The van der Waals surface area contributed by atoms with Crippen molar-refractivity contribution in [1.82, 2.24) is 0 Å². The van der Waals surface area contributed by atoms with E-state index >= 15 is 0 Å². The monoisotopic (exact) mass is 292 g/mol. The summed E-state index contributed by atoms with van der Waals surface area (Å²) in [4.78, 5) is 23.8. The number of rotatable bonds is 2. The Labute approximate surface area is 128 Å². The van der Waals surface area contributed by atoms with Crippen LogP contribution in [-0.4, -0.2) is 16.9 Å². The van der Waals surface area contributed by atoms with Crippen LogP contribution in [-0.2, 0) is 6.42 Å². The Kier molecular flexibility index (Phi) is 3.41. The van der Waals surface area contributed by atoms with E-state index in [9.17, 15) is 14.7 Å². The van der Waals surface area contributed by atoms with Crippen molar-refractivity contribution in [2.45, 2.75) is 20.3 Å². The summed E-state index contributed by atoms with van der Waals surface area (Å²) in [6.45, 7) is 4.02. The van der Waals surface area contributed by atoms with Crippen molar-refractivity contribution in [3.8, 4) is 0 Å². The van der Waals surface area contributed by atoms with Gasteiger partial charge in [0, 0.05) is 17.6 Å². The highest BCUT2D eigenvalue weighted by atomic mass is 16.4. The van der Waals surface area contributed by atoms with Crippen LogP contribution in [0.3, 0.4) is 0 Å². The second kappa shape index (κ2) is 5.26. The number of hydrogen-bond acceptors (Lipinski definition) is 2. The molecule has 0 unspecified atom stereocenters. The molecule has 2 aromatic rings. The van der Waals surface area contributed by atoms with Gasteiger partial charge in [-0.3, -0.25) is 4.79 Å². The summed E-state index contributed by atoms with van der Waals surface area (Å²) < 4.78 is 0. The number of Topliss-reactive ketones (excluding diaryl/α,β-unsaturated/α-hetero) is 1. The Hall–Kier alpha value is -2.68. The predicted molar refractivity (Wildman–Crippen MR) is 85.3 cm³/mol. The van der Waals surface area contributed by atoms with Gasteiger partial charge in [0.2, 0.25) is 0 Å². The van der Waals surface area contributed by atoms with Gasteiger partial charge in [0.25, 0.3) is 0 Å². The lowest BCUT2D eigenvalue weighted by atomic mass is 10.0. The Morgan fingerprint density at radius 3 is 2.55 bits per heavy atom. The highest BCUT2D eigenvalue weighted by Crippen LogP contribution is 2.30. The molecular formula is C19H16O3. The number of aryl methyl sites for hydroxylation is 2. The molecule has 0 amide bonds. The van der Waals surface area contributed by atoms with Gasteiger partial charge >= 0.3 is 5.97 Å². The lowest BCUT2D eigenvalue weighted by Crippen LogP contribution is -2.01. The third kappa shape index (κ3) is 2.35. The Morgan fingerprint density at radius 2 is 1.82 bits per heavy atom. The van der Waals surface area contributed by atoms with Crippen molar-refractivity contribution < 1.29 is 14.7 Å². The molecule has 0 aromatic heterocycles. The molecule has 0 spiro atoms. The van der Waals surface area contributed by atoms with Gasteiger partial charge < -0.3 is 5.11 Å². The van der Waals surface area contributed by atoms with Crippen LogP contribution in [0.1, 0.15) is 43.0 Å². The van der Waals surface area contributed by atoms with Gasteiger partial charge in [-0.25, -0.2) is 4.79 Å². The molecule has 0 radical (unpaired) electrons. The average Bonchev–Trinajstić information content (AvgIpc) is 2.76. The maximum atomic E-state index is 12.5. The fourth-order valence-corrected chi connectivity index (χ4v) is 2.81. The van der Waals surface area contributed by atoms with Gasteiger partial charge in [-0.15, -0.1) is 0 Å². The first-order valence-electron chi connectivity index (χ1n) is 7.15. The van der Waals surface area contributed by atoms with Crippen LogP contribution in [0.25, 0.3) is 6.08 Å². The van der Waals surface area contributed by atoms with E-state index in [0.29, 0.717) is 17.6 Å². The smallest absolute Gasteiger partial charge is 0.336 e. The second-order valence-electron chi connectivity index (χ2n) is 5.66. The normalized spacial score (nSPS) is 15.2. The predicted octanol–water partition coefficient (Wildman–Crippen LogP) is 3.82. The maximum Gasteiger partial charge on any atom is 0.336 e. The molecule has 3 heteroatoms. The van der Waals surface area contributed by atoms with Crippen LogP contribution in [0.15, 0.2) is 42.0 Å². The fourth-order valence-electron chi connectivity index (χ4n) is 2.81. The molecule has 110 valence electrons. The first-order chi connectivity index (χ1) is 10.5. The van der Waals surface area contributed by atoms with Crippen LogP contribution in [0, 0.1) is 13.8 Å². The zero-order valence-electron chi connectivity index (χ0n) is 12.5. The van der Waals surface area contributed by atoms with Crippen molar-refractivity contribution in [2.75, 3.05) is 0 Å². The summed E-state index contributed by atoms with van der Waals surface area (Å²) in [6, 6.07) is 10.7. The largest absolute Gasteiger partial charge is 0.478 e. The van der Waals surface area contributed by atoms with E-state index in [-0.39, 0.29) is 11.3 Å². The maximum absolute atomic E-state index is 12.5. The molecule has 1 aliphatic carbocycles. The minimum Gasteiger partial charge on any atom is -0.478 e. The van der Waals surface area contributed by atoms with Crippen molar-refractivity contribution >= 4 is 17.8 Å². The minimum absolute atomic E-state index is 0.00158. The Bertz CT molecular complexity index is 829. The van der Waals surface area contributed by atoms with E-state index in [1.807, 2.05) is 26.0 Å². The lowest BCUT2D eigenvalue weighted by molar-refractivity contribution is 0.0696. The highest BCUT2D eigenvalue weighted by molar-refractivity contribution is 6.16. The van der Waals surface area contributed by atoms with Crippen LogP contribution in [0.4, 0.5) is 0 Å². The van der Waals surface area contributed by atoms with E-state index in [0.717, 1.165) is 16.7 Å². The van der Waals surface area contributed by atoms with Gasteiger partial charge in [0.15, 0.2) is 5.78 Å². The molecule has 0 saturated heterocycles. The van der Waals surface area contributed by atoms with Crippen molar-refractivity contribution in [3.05, 3.63) is 75.4 Å². The number of ketones is 1. The quantitative estimate of drug-likeness (QED) is 0.856. The molecule has 2 aromatic carbocycles. The number of hydrogen-bond donors (Lipinski definition) is 1. The summed E-state index contributed by atoms with van der Waals surface area (Å²) in [5, 5.41) is 9.24. The second-order valence-corrected chi connectivity index (χ2v) is 5.66. The Morgan fingerprint density at radius 1 is 1.14 bits per heavy atom. The van der Waals surface area contributed by atoms with E-state index in [2.05, 4.69) is 0 Å². The molecule has 0 aliphatic heterocycles. The molecule has 0 atom stereocenters. The molecule has 22 heavy (non-hydrogen) atoms. The summed E-state index contributed by atoms with van der Waals surface area (Å²) in [6.07, 6.45) is 2.26. The van der Waals surface area contributed by atoms with Crippen LogP contribution < -0.4 is 0 Å². The van der Waals surface area contributed by atoms with Crippen molar-refractivity contribution in [2.24, 2.45) is 0 Å². The third-order valence-electron chi connectivity index (χ3n) is 4.16. The number of benzene rings is 2. The first kappa shape index (κ1) is 14.3. The SMILES string of the molecule is Cc1cc2c(cc1C)C(=O)/C(=C/c1ccccc1C(=O)O)C2. The van der Waals surface area contributed by atoms with Crippen LogP contribution >= 0.6 is 0 Å². The summed E-state index contributed by atoms with van der Waals surface area (Å²) in [5.74, 6) is -0.986. The number of carbonyl (C=O) groups is 2. The zero-order chi connectivity index (χ0) is 15.9. The van der Waals surface area contributed by atoms with E-state index in [1.165, 1.54) is 5.56 Å². The van der Waals surface area contributed by atoms with Gasteiger partial charge in [-0.1, -0.05) is 24.3 Å². The van der Waals surface area contributed by atoms with E-state index in [4.69, 9.17) is 0 Å². The number of carbonyl (C=O) groups excluding carboxylic acids is 1. The van der Waals surface area contributed by atoms with Gasteiger partial charge in [0.05, 0.1) is 5.56 Å². The molecule has 0 fully saturated rings. The van der Waals surface area contributed by atoms with E-state index < -0.39 is 5.97 Å². The summed E-state index contributed by atoms with van der Waals surface area (Å²) >= 11 is 0. The molecule has 0 saturated carbocycles. The molecular weight excluding hydrogens is 276 g/mol. The van der Waals surface area contributed by atoms with Gasteiger partial charge in [-0.05, 0) is 54.3 Å². The van der Waals surface area contributed by atoms with Crippen molar-refractivity contribution in [3.63, 3.8) is 0 Å². The lowest BCUT2D eigenvalue weighted by Gasteiger charge is -2.02. The number of allylic oxidation sites excluding steroid dienone is 1. The highest BCUT2D eigenvalue weighted by Gasteiger charge is 2.25. The minimum atomic E-state index is -0.984. The third-order valence-corrected chi connectivity index (χ3v) is 4.16. The summed E-state index contributed by atoms with van der Waals surface area (Å²) in [7, 11) is 0. The van der Waals surface area contributed by atoms with Gasteiger partial charge in [0.1, 0.15) is 0 Å². The average molecular weight is 292 g/mol. The van der Waals surface area contributed by atoms with Gasteiger partial charge in [-0.2, -0.15) is 0 Å². The van der Waals surface area contributed by atoms with Crippen molar-refractivity contribution in [1.29, 1.82) is 0 Å². The first-order valence-corrected chi connectivity index (χ1v) is 7.15. The summed E-state index contributed by atoms with van der Waals surface area (Å²) in [5.41, 5.74) is 5.45. The van der Waals surface area contributed by atoms with E-state index in [1.54, 1.807) is 30.3 Å². The van der Waals surface area contributed by atoms with Crippen LogP contribution in [0.5, 0.6) is 0 Å². The molecule has 3 rings (SSSR count). The van der Waals surface area contributed by atoms with Crippen LogP contribution in [0.2, 0.25) is 0 Å². The molecule has 0 heterocycles. The number of fused-ring (bicyclic) bond motifs is 1. The molecule has 0 bridgehead atoms. The molecule has 1 N–H and O–H groups in total. The fraction of sp³-hybridized carbons (Fsp3) is 0.158. The molecule has 1 aliphatic rings. The zero-order valence-corrected chi connectivity index (χ0v) is 12.5. The number of carboxylic acids is 1. The topological polar surface area (TPSA) is 54.4 Å². The standard InChI is InChI=1S/C19H16O3/c1-11-7-14-10-15(18(20)17(14)8-12(11)2)9-13-5-3-4-6-16(13)19(21)22/h3-9H,10H2,1-2H3,(H,21,22)/b15-9+. The number of aromatic carboxylic acids is 1. The Balaban J connectivity index is 2.05.